The third kappa shape index (κ3) is 3.12. The second kappa shape index (κ2) is 6.16. The lowest BCUT2D eigenvalue weighted by atomic mass is 10.1. The molecule has 2 aromatic rings. The predicted octanol–water partition coefficient (Wildman–Crippen LogP) is 4.42. The number of nitrogens with zero attached hydrogens (tertiary/aromatic N) is 1. The van der Waals surface area contributed by atoms with Crippen molar-refractivity contribution in [2.24, 2.45) is 0 Å². The second-order valence-electron chi connectivity index (χ2n) is 4.51. The first-order valence-corrected chi connectivity index (χ1v) is 6.22. The molecular formula is C16H14F2N2. The summed E-state index contributed by atoms with van der Waals surface area (Å²) in [6.07, 6.45) is -2.47. The SMILES string of the molecule is Cc1cccc(NCc2cccc(C(F)F)c2)c1C#N. The highest BCUT2D eigenvalue weighted by atomic mass is 19.3. The number of alkyl halides is 2. The summed E-state index contributed by atoms with van der Waals surface area (Å²) >= 11 is 0. The van der Waals surface area contributed by atoms with Gasteiger partial charge in [-0.15, -0.1) is 0 Å². The van der Waals surface area contributed by atoms with Gasteiger partial charge in [0.05, 0.1) is 11.3 Å². The van der Waals surface area contributed by atoms with Crippen molar-refractivity contribution in [1.82, 2.24) is 0 Å². The lowest BCUT2D eigenvalue weighted by Crippen LogP contribution is -2.02. The number of aryl methyl sites for hydroxylation is 1. The van der Waals surface area contributed by atoms with Crippen LogP contribution >= 0.6 is 0 Å². The number of halogens is 2. The van der Waals surface area contributed by atoms with E-state index in [0.29, 0.717) is 12.1 Å². The van der Waals surface area contributed by atoms with Crippen molar-refractivity contribution in [2.75, 3.05) is 5.32 Å². The van der Waals surface area contributed by atoms with Gasteiger partial charge in [-0.1, -0.05) is 30.3 Å². The van der Waals surface area contributed by atoms with E-state index in [2.05, 4.69) is 11.4 Å². The summed E-state index contributed by atoms with van der Waals surface area (Å²) in [5.74, 6) is 0. The molecule has 0 bridgehead atoms. The molecule has 0 atom stereocenters. The van der Waals surface area contributed by atoms with Crippen LogP contribution in [0.2, 0.25) is 0 Å². The van der Waals surface area contributed by atoms with Gasteiger partial charge in [0.25, 0.3) is 6.43 Å². The van der Waals surface area contributed by atoms with Gasteiger partial charge in [0, 0.05) is 12.1 Å². The van der Waals surface area contributed by atoms with E-state index in [4.69, 9.17) is 5.26 Å². The largest absolute Gasteiger partial charge is 0.380 e. The Bertz CT molecular complexity index is 645. The van der Waals surface area contributed by atoms with Crippen molar-refractivity contribution in [3.63, 3.8) is 0 Å². The zero-order chi connectivity index (χ0) is 14.5. The van der Waals surface area contributed by atoms with Gasteiger partial charge in [0.1, 0.15) is 6.07 Å². The van der Waals surface area contributed by atoms with E-state index in [1.54, 1.807) is 12.1 Å². The molecule has 20 heavy (non-hydrogen) atoms. The molecule has 2 aromatic carbocycles. The van der Waals surface area contributed by atoms with Crippen LogP contribution in [-0.2, 0) is 6.54 Å². The van der Waals surface area contributed by atoms with Crippen LogP contribution in [0.25, 0.3) is 0 Å². The molecule has 0 aliphatic carbocycles. The maximum absolute atomic E-state index is 12.6. The molecule has 0 unspecified atom stereocenters. The number of rotatable bonds is 4. The first-order chi connectivity index (χ1) is 9.61. The Morgan fingerprint density at radius 1 is 1.20 bits per heavy atom. The van der Waals surface area contributed by atoms with E-state index in [9.17, 15) is 8.78 Å². The monoisotopic (exact) mass is 272 g/mol. The molecule has 0 heterocycles. The molecule has 4 heteroatoms. The van der Waals surface area contributed by atoms with Crippen LogP contribution in [-0.4, -0.2) is 0 Å². The van der Waals surface area contributed by atoms with E-state index >= 15 is 0 Å². The Kier molecular flexibility index (Phi) is 4.31. The zero-order valence-electron chi connectivity index (χ0n) is 11.0. The molecule has 2 rings (SSSR count). The molecule has 0 aromatic heterocycles. The molecule has 1 N–H and O–H groups in total. The van der Waals surface area contributed by atoms with Crippen LogP contribution in [0.1, 0.15) is 28.7 Å². The van der Waals surface area contributed by atoms with E-state index in [1.807, 2.05) is 25.1 Å². The van der Waals surface area contributed by atoms with E-state index in [-0.39, 0.29) is 5.56 Å². The molecular weight excluding hydrogens is 258 g/mol. The summed E-state index contributed by atoms with van der Waals surface area (Å²) in [5, 5.41) is 12.2. The number of nitriles is 1. The standard InChI is InChI=1S/C16H14F2N2/c1-11-4-2-7-15(14(11)9-19)20-10-12-5-3-6-13(8-12)16(17)18/h2-8,16,20H,10H2,1H3. The fraction of sp³-hybridized carbons (Fsp3) is 0.188. The van der Waals surface area contributed by atoms with Crippen LogP contribution in [0.15, 0.2) is 42.5 Å². The first-order valence-electron chi connectivity index (χ1n) is 6.22. The van der Waals surface area contributed by atoms with Crippen LogP contribution in [0.4, 0.5) is 14.5 Å². The number of benzene rings is 2. The minimum atomic E-state index is -2.47. The maximum atomic E-state index is 12.6. The van der Waals surface area contributed by atoms with Gasteiger partial charge in [-0.2, -0.15) is 5.26 Å². The van der Waals surface area contributed by atoms with E-state index < -0.39 is 6.43 Å². The van der Waals surface area contributed by atoms with E-state index in [0.717, 1.165) is 16.8 Å². The van der Waals surface area contributed by atoms with Gasteiger partial charge in [-0.3, -0.25) is 0 Å². The van der Waals surface area contributed by atoms with Crippen molar-refractivity contribution < 1.29 is 8.78 Å². The quantitative estimate of drug-likeness (QED) is 0.894. The maximum Gasteiger partial charge on any atom is 0.263 e. The average molecular weight is 272 g/mol. The summed E-state index contributed by atoms with van der Waals surface area (Å²) in [6, 6.07) is 13.9. The highest BCUT2D eigenvalue weighted by Gasteiger charge is 2.08. The Labute approximate surface area is 116 Å². The Morgan fingerprint density at radius 2 is 1.95 bits per heavy atom. The summed E-state index contributed by atoms with van der Waals surface area (Å²) in [6.45, 7) is 2.26. The molecule has 0 aliphatic heterocycles. The van der Waals surface area contributed by atoms with Crippen LogP contribution in [0.5, 0.6) is 0 Å². The molecule has 2 nitrogen and oxygen atoms in total. The third-order valence-corrected chi connectivity index (χ3v) is 3.07. The average Bonchev–Trinajstić information content (AvgIpc) is 2.45. The fourth-order valence-electron chi connectivity index (χ4n) is 2.00. The number of nitrogens with one attached hydrogen (secondary N) is 1. The van der Waals surface area contributed by atoms with Gasteiger partial charge in [0.2, 0.25) is 0 Å². The molecule has 0 amide bonds. The lowest BCUT2D eigenvalue weighted by Gasteiger charge is -2.10. The number of hydrogen-bond acceptors (Lipinski definition) is 2. The molecule has 102 valence electrons. The molecule has 0 fully saturated rings. The van der Waals surface area contributed by atoms with Crippen LogP contribution in [0.3, 0.4) is 0 Å². The molecule has 0 spiro atoms. The van der Waals surface area contributed by atoms with Gasteiger partial charge in [-0.05, 0) is 30.2 Å². The van der Waals surface area contributed by atoms with Crippen molar-refractivity contribution in [3.8, 4) is 6.07 Å². The Balaban J connectivity index is 2.15. The minimum absolute atomic E-state index is 0.00838. The molecule has 0 aliphatic rings. The lowest BCUT2D eigenvalue weighted by molar-refractivity contribution is 0.151. The van der Waals surface area contributed by atoms with Gasteiger partial charge in [-0.25, -0.2) is 8.78 Å². The zero-order valence-corrected chi connectivity index (χ0v) is 11.0. The van der Waals surface area contributed by atoms with Gasteiger partial charge in [0.15, 0.2) is 0 Å². The topological polar surface area (TPSA) is 35.8 Å². The molecule has 0 saturated heterocycles. The summed E-state index contributed by atoms with van der Waals surface area (Å²) in [5.41, 5.74) is 2.95. The smallest absolute Gasteiger partial charge is 0.263 e. The summed E-state index contributed by atoms with van der Waals surface area (Å²) in [7, 11) is 0. The number of hydrogen-bond donors (Lipinski definition) is 1. The van der Waals surface area contributed by atoms with Gasteiger partial charge >= 0.3 is 0 Å². The van der Waals surface area contributed by atoms with Crippen LogP contribution in [0, 0.1) is 18.3 Å². The van der Waals surface area contributed by atoms with Crippen molar-refractivity contribution in [1.29, 1.82) is 5.26 Å². The van der Waals surface area contributed by atoms with E-state index in [1.165, 1.54) is 12.1 Å². The minimum Gasteiger partial charge on any atom is -0.380 e. The fourth-order valence-corrected chi connectivity index (χ4v) is 2.00. The Morgan fingerprint density at radius 3 is 2.65 bits per heavy atom. The number of anilines is 1. The molecule has 0 radical (unpaired) electrons. The predicted molar refractivity (Wildman–Crippen MR) is 74.6 cm³/mol. The third-order valence-electron chi connectivity index (χ3n) is 3.07. The summed E-state index contributed by atoms with van der Waals surface area (Å²) < 4.78 is 25.2. The highest BCUT2D eigenvalue weighted by Crippen LogP contribution is 2.22. The van der Waals surface area contributed by atoms with Crippen molar-refractivity contribution in [2.45, 2.75) is 19.9 Å². The van der Waals surface area contributed by atoms with Crippen molar-refractivity contribution in [3.05, 3.63) is 64.7 Å². The first kappa shape index (κ1) is 14.0. The Hall–Kier alpha value is -2.41. The van der Waals surface area contributed by atoms with Gasteiger partial charge < -0.3 is 5.32 Å². The molecule has 0 saturated carbocycles. The normalized spacial score (nSPS) is 10.3. The second-order valence-corrected chi connectivity index (χ2v) is 4.51. The summed E-state index contributed by atoms with van der Waals surface area (Å²) in [4.78, 5) is 0. The highest BCUT2D eigenvalue weighted by molar-refractivity contribution is 5.60. The van der Waals surface area contributed by atoms with Crippen LogP contribution < -0.4 is 5.32 Å². The van der Waals surface area contributed by atoms with Crippen molar-refractivity contribution >= 4 is 5.69 Å².